The van der Waals surface area contributed by atoms with E-state index in [1.54, 1.807) is 4.90 Å². The average Bonchev–Trinajstić information content (AvgIpc) is 3.02. The van der Waals surface area contributed by atoms with Crippen LogP contribution in [0.5, 0.6) is 5.75 Å². The predicted molar refractivity (Wildman–Crippen MR) is 84.7 cm³/mol. The van der Waals surface area contributed by atoms with Crippen molar-refractivity contribution in [1.82, 2.24) is 20.1 Å². The Hall–Kier alpha value is -2.35. The molecule has 1 aromatic heterocycles. The molecule has 0 radical (unpaired) electrons. The first-order valence-electron chi connectivity index (χ1n) is 7.53. The summed E-state index contributed by atoms with van der Waals surface area (Å²) in [4.78, 5) is 27.7. The highest BCUT2D eigenvalue weighted by atomic mass is 35.5. The van der Waals surface area contributed by atoms with Crippen molar-refractivity contribution >= 4 is 17.5 Å². The maximum absolute atomic E-state index is 13.4. The topological polar surface area (TPSA) is 91.1 Å². The molecule has 9 heteroatoms. The number of halogens is 2. The van der Waals surface area contributed by atoms with Gasteiger partial charge in [-0.2, -0.15) is 5.10 Å². The summed E-state index contributed by atoms with van der Waals surface area (Å²) in [5, 5.41) is 6.26. The van der Waals surface area contributed by atoms with Gasteiger partial charge < -0.3 is 9.64 Å². The number of benzene rings is 1. The second-order valence-electron chi connectivity index (χ2n) is 5.61. The van der Waals surface area contributed by atoms with Crippen LogP contribution in [-0.4, -0.2) is 45.7 Å². The summed E-state index contributed by atoms with van der Waals surface area (Å²) in [6, 6.07) is 4.02. The van der Waals surface area contributed by atoms with Crippen molar-refractivity contribution in [3.63, 3.8) is 0 Å². The van der Waals surface area contributed by atoms with Gasteiger partial charge in [0.2, 0.25) is 0 Å². The first-order valence-corrected chi connectivity index (χ1v) is 7.91. The highest BCUT2D eigenvalue weighted by molar-refractivity contribution is 6.30. The third-order valence-corrected chi connectivity index (χ3v) is 4.24. The second kappa shape index (κ2) is 7.04. The van der Waals surface area contributed by atoms with Gasteiger partial charge in [-0.25, -0.2) is 14.3 Å². The van der Waals surface area contributed by atoms with Crippen molar-refractivity contribution in [2.24, 2.45) is 0 Å². The Kier molecular flexibility index (Phi) is 4.84. The SMILES string of the molecule is O=C(COc1ccc(Cl)c(F)c1)N1CCCC(c2n[nH]c(=O)[nH]2)C1. The van der Waals surface area contributed by atoms with Gasteiger partial charge in [0.05, 0.1) is 5.02 Å². The Balaban J connectivity index is 1.58. The molecule has 7 nitrogen and oxygen atoms in total. The predicted octanol–water partition coefficient (Wildman–Crippen LogP) is 1.68. The maximum Gasteiger partial charge on any atom is 0.340 e. The fraction of sp³-hybridized carbons (Fsp3) is 0.400. The molecule has 1 aromatic carbocycles. The zero-order valence-electron chi connectivity index (χ0n) is 12.7. The van der Waals surface area contributed by atoms with E-state index in [0.717, 1.165) is 18.9 Å². The normalized spacial score (nSPS) is 17.8. The largest absolute Gasteiger partial charge is 0.484 e. The van der Waals surface area contributed by atoms with Crippen LogP contribution in [-0.2, 0) is 4.79 Å². The van der Waals surface area contributed by atoms with Crippen LogP contribution in [0.1, 0.15) is 24.6 Å². The van der Waals surface area contributed by atoms with Crippen LogP contribution in [0.3, 0.4) is 0 Å². The number of hydrogen-bond acceptors (Lipinski definition) is 4. The van der Waals surface area contributed by atoms with Crippen LogP contribution >= 0.6 is 11.6 Å². The summed E-state index contributed by atoms with van der Waals surface area (Å²) in [6.07, 6.45) is 1.65. The fourth-order valence-electron chi connectivity index (χ4n) is 2.71. The van der Waals surface area contributed by atoms with Crippen molar-refractivity contribution in [2.75, 3.05) is 19.7 Å². The van der Waals surface area contributed by atoms with Gasteiger partial charge in [-0.05, 0) is 25.0 Å². The van der Waals surface area contributed by atoms with Gasteiger partial charge in [0.1, 0.15) is 17.4 Å². The first-order chi connectivity index (χ1) is 11.5. The van der Waals surface area contributed by atoms with Crippen molar-refractivity contribution < 1.29 is 13.9 Å². The smallest absolute Gasteiger partial charge is 0.340 e. The molecular formula is C15H16ClFN4O3. The lowest BCUT2D eigenvalue weighted by atomic mass is 9.97. The summed E-state index contributed by atoms with van der Waals surface area (Å²) in [5.41, 5.74) is -0.360. The van der Waals surface area contributed by atoms with E-state index in [1.165, 1.54) is 12.1 Å². The molecule has 0 aliphatic carbocycles. The Bertz CT molecular complexity index is 791. The number of aromatic nitrogens is 3. The minimum atomic E-state index is -0.595. The minimum Gasteiger partial charge on any atom is -0.484 e. The number of piperidine rings is 1. The molecule has 1 unspecified atom stereocenters. The van der Waals surface area contributed by atoms with Gasteiger partial charge in [0, 0.05) is 25.1 Å². The average molecular weight is 355 g/mol. The number of ether oxygens (including phenoxy) is 1. The Morgan fingerprint density at radius 1 is 1.50 bits per heavy atom. The van der Waals surface area contributed by atoms with E-state index in [2.05, 4.69) is 15.2 Å². The van der Waals surface area contributed by atoms with Crippen LogP contribution in [0.15, 0.2) is 23.0 Å². The molecule has 2 aromatic rings. The zero-order chi connectivity index (χ0) is 17.1. The lowest BCUT2D eigenvalue weighted by molar-refractivity contribution is -0.134. The van der Waals surface area contributed by atoms with Crippen molar-refractivity contribution in [3.8, 4) is 5.75 Å². The number of H-pyrrole nitrogens is 2. The third kappa shape index (κ3) is 3.76. The molecule has 1 amide bonds. The molecule has 2 heterocycles. The summed E-state index contributed by atoms with van der Waals surface area (Å²) in [7, 11) is 0. The van der Waals surface area contributed by atoms with E-state index in [-0.39, 0.29) is 34.9 Å². The number of likely N-dealkylation sites (tertiary alicyclic amines) is 1. The molecule has 0 saturated carbocycles. The number of nitrogens with zero attached hydrogens (tertiary/aromatic N) is 2. The van der Waals surface area contributed by atoms with E-state index in [1.807, 2.05) is 0 Å². The van der Waals surface area contributed by atoms with Crippen LogP contribution in [0.4, 0.5) is 4.39 Å². The van der Waals surface area contributed by atoms with Crippen LogP contribution in [0, 0.1) is 5.82 Å². The molecular weight excluding hydrogens is 339 g/mol. The van der Waals surface area contributed by atoms with Crippen LogP contribution < -0.4 is 10.4 Å². The van der Waals surface area contributed by atoms with Gasteiger partial charge >= 0.3 is 5.69 Å². The standard InChI is InChI=1S/C15H16ClFN4O3/c16-11-4-3-10(6-12(11)17)24-8-13(22)21-5-1-2-9(7-21)14-18-15(23)20-19-14/h3-4,6,9H,1-2,5,7-8H2,(H2,18,19,20,23). The maximum atomic E-state index is 13.4. The molecule has 3 rings (SSSR count). The molecule has 0 spiro atoms. The van der Waals surface area contributed by atoms with Gasteiger partial charge in [-0.15, -0.1) is 0 Å². The number of nitrogens with one attached hydrogen (secondary N) is 2. The molecule has 128 valence electrons. The van der Waals surface area contributed by atoms with Gasteiger partial charge in [-0.3, -0.25) is 9.78 Å². The number of carbonyl (C=O) groups is 1. The lowest BCUT2D eigenvalue weighted by Crippen LogP contribution is -2.41. The highest BCUT2D eigenvalue weighted by Gasteiger charge is 2.27. The highest BCUT2D eigenvalue weighted by Crippen LogP contribution is 2.24. The Morgan fingerprint density at radius 2 is 2.33 bits per heavy atom. The van der Waals surface area contributed by atoms with Gasteiger partial charge in [0.15, 0.2) is 6.61 Å². The summed E-state index contributed by atoms with van der Waals surface area (Å²) < 4.78 is 18.7. The quantitative estimate of drug-likeness (QED) is 0.873. The Morgan fingerprint density at radius 3 is 3.04 bits per heavy atom. The lowest BCUT2D eigenvalue weighted by Gasteiger charge is -2.31. The minimum absolute atomic E-state index is 0.000504. The van der Waals surface area contributed by atoms with Gasteiger partial charge in [-0.1, -0.05) is 11.6 Å². The summed E-state index contributed by atoms with van der Waals surface area (Å²) in [6.45, 7) is 0.880. The van der Waals surface area contributed by atoms with Gasteiger partial charge in [0.25, 0.3) is 5.91 Å². The molecule has 1 fully saturated rings. The first kappa shape index (κ1) is 16.5. The van der Waals surface area contributed by atoms with Crippen molar-refractivity contribution in [2.45, 2.75) is 18.8 Å². The molecule has 1 aliphatic heterocycles. The molecule has 1 atom stereocenters. The number of rotatable bonds is 4. The number of amides is 1. The van der Waals surface area contributed by atoms with Crippen LogP contribution in [0.25, 0.3) is 0 Å². The summed E-state index contributed by atoms with van der Waals surface area (Å²) >= 11 is 5.60. The number of carbonyl (C=O) groups excluding carboxylic acids is 1. The zero-order valence-corrected chi connectivity index (χ0v) is 13.5. The monoisotopic (exact) mass is 354 g/mol. The molecule has 1 saturated heterocycles. The number of hydrogen-bond donors (Lipinski definition) is 2. The van der Waals surface area contributed by atoms with Crippen molar-refractivity contribution in [3.05, 3.63) is 45.3 Å². The van der Waals surface area contributed by atoms with E-state index in [4.69, 9.17) is 16.3 Å². The Labute approximate surface area is 141 Å². The fourth-order valence-corrected chi connectivity index (χ4v) is 2.82. The van der Waals surface area contributed by atoms with E-state index < -0.39 is 5.82 Å². The van der Waals surface area contributed by atoms with E-state index >= 15 is 0 Å². The van der Waals surface area contributed by atoms with E-state index in [0.29, 0.717) is 18.9 Å². The second-order valence-corrected chi connectivity index (χ2v) is 6.01. The van der Waals surface area contributed by atoms with E-state index in [9.17, 15) is 14.0 Å². The third-order valence-electron chi connectivity index (χ3n) is 3.93. The molecule has 1 aliphatic rings. The van der Waals surface area contributed by atoms with Crippen molar-refractivity contribution in [1.29, 1.82) is 0 Å². The molecule has 2 N–H and O–H groups in total. The number of aromatic amines is 2. The summed E-state index contributed by atoms with van der Waals surface area (Å²) in [5.74, 6) is -0.0154. The van der Waals surface area contributed by atoms with Crippen LogP contribution in [0.2, 0.25) is 5.02 Å². The molecule has 0 bridgehead atoms. The molecule has 24 heavy (non-hydrogen) atoms.